The van der Waals surface area contributed by atoms with Crippen molar-refractivity contribution in [2.45, 2.75) is 69.0 Å². The predicted molar refractivity (Wildman–Crippen MR) is 299 cm³/mol. The Morgan fingerprint density at radius 2 is 1.20 bits per heavy atom. The molecule has 2 saturated heterocycles. The summed E-state index contributed by atoms with van der Waals surface area (Å²) < 4.78 is 28.0. The molecule has 2 fully saturated rings. The van der Waals surface area contributed by atoms with Gasteiger partial charge in [0.25, 0.3) is 5.91 Å². The number of hydrogen-bond acceptors (Lipinski definition) is 16. The Bertz CT molecular complexity index is 3180. The molecule has 9 amide bonds. The summed E-state index contributed by atoms with van der Waals surface area (Å²) in [5.41, 5.74) is 6.96. The topological polar surface area (TPSA) is 301 Å². The van der Waals surface area contributed by atoms with Crippen LogP contribution in [0.5, 0.6) is 0 Å². The fraction of sp³-hybridized carbons (Fsp3) is 0.288. The highest BCUT2D eigenvalue weighted by Crippen LogP contribution is 2.42. The van der Waals surface area contributed by atoms with Gasteiger partial charge in [-0.3, -0.25) is 34.3 Å². The van der Waals surface area contributed by atoms with E-state index in [0.717, 1.165) is 16.7 Å². The lowest BCUT2D eigenvalue weighted by Crippen LogP contribution is -2.71. The first kappa shape index (κ1) is 59.4. The van der Waals surface area contributed by atoms with Gasteiger partial charge >= 0.3 is 48.1 Å². The van der Waals surface area contributed by atoms with Gasteiger partial charge in [0.1, 0.15) is 42.0 Å². The van der Waals surface area contributed by atoms with Gasteiger partial charge in [-0.1, -0.05) is 133 Å². The Morgan fingerprint density at radius 1 is 0.663 bits per heavy atom. The standard InChI is InChI=1S/C59H60N8O15S/c1-5-65-30-31-66(51(71)50(65)70)56(75)64-43(48(68)63-44-49(69)67-45(40(32-78-55(60)74)34-83-52(44)67)54(73)81-47(38-22-14-8-15-23-38)39-24-16-9-17-25-39)35-26-28-41(29-27-35)61-57(76)79-33-42(62-58(77)82-59(2,3)4)53(72)80-46(36-18-10-6-11-19-36)37-20-12-7-13-21-37/h6-29,42-44,46-47,52H,5,30-34H2,1-4H3,(H2,60,74)(H,61,76)(H,62,77)(H,63,68)(H,64,75)/t42?,43-,44+,52+/m0/s1. The number of carbonyl (C=O) groups is 10. The molecule has 0 bridgehead atoms. The van der Waals surface area contributed by atoms with Crippen molar-refractivity contribution in [1.29, 1.82) is 0 Å². The van der Waals surface area contributed by atoms with E-state index in [-0.39, 0.29) is 47.9 Å². The fourth-order valence-corrected chi connectivity index (χ4v) is 10.4. The van der Waals surface area contributed by atoms with Gasteiger partial charge in [0.15, 0.2) is 18.2 Å². The number of likely N-dealkylation sites (N-methyl/N-ethyl adjacent to an activating group) is 1. The lowest BCUT2D eigenvalue weighted by Gasteiger charge is -2.50. The minimum absolute atomic E-state index is 0.0186. The fourth-order valence-electron chi connectivity index (χ4n) is 9.07. The van der Waals surface area contributed by atoms with Gasteiger partial charge in [-0.2, -0.15) is 0 Å². The van der Waals surface area contributed by atoms with E-state index in [0.29, 0.717) is 27.2 Å². The van der Waals surface area contributed by atoms with Gasteiger partial charge in [-0.25, -0.2) is 28.8 Å². The second kappa shape index (κ2) is 26.7. The third kappa shape index (κ3) is 14.8. The molecule has 0 spiro atoms. The quantitative estimate of drug-likeness (QED) is 0.0275. The first-order valence-electron chi connectivity index (χ1n) is 26.2. The number of carbonyl (C=O) groups excluding carboxylic acids is 10. The number of nitrogens with two attached hydrogens (primary N) is 1. The second-order valence-corrected chi connectivity index (χ2v) is 21.1. The summed E-state index contributed by atoms with van der Waals surface area (Å²) in [4.78, 5) is 138. The highest BCUT2D eigenvalue weighted by Gasteiger charge is 2.55. The Kier molecular flexibility index (Phi) is 19.1. The lowest BCUT2D eigenvalue weighted by molar-refractivity contribution is -0.155. The van der Waals surface area contributed by atoms with Crippen molar-refractivity contribution < 1.29 is 71.6 Å². The number of esters is 2. The summed E-state index contributed by atoms with van der Waals surface area (Å²) in [5.74, 6) is -5.66. The number of fused-ring (bicyclic) bond motifs is 1. The maximum absolute atomic E-state index is 14.6. The normalized spacial score (nSPS) is 16.6. The van der Waals surface area contributed by atoms with E-state index >= 15 is 0 Å². The monoisotopic (exact) mass is 1150 g/mol. The van der Waals surface area contributed by atoms with Crippen LogP contribution in [0.2, 0.25) is 0 Å². The van der Waals surface area contributed by atoms with Crippen LogP contribution in [0.15, 0.2) is 157 Å². The van der Waals surface area contributed by atoms with Crippen molar-refractivity contribution in [3.05, 3.63) is 185 Å². The number of ether oxygens (including phenoxy) is 5. The number of alkyl carbamates (subject to hydrolysis) is 1. The summed E-state index contributed by atoms with van der Waals surface area (Å²) in [6.07, 6.45) is -5.06. The number of hydrogen-bond donors (Lipinski definition) is 5. The van der Waals surface area contributed by atoms with E-state index in [9.17, 15) is 47.9 Å². The lowest BCUT2D eigenvalue weighted by atomic mass is 10.00. The molecule has 0 saturated carbocycles. The number of β-lactam (4-membered cyclic amide) rings is 1. The van der Waals surface area contributed by atoms with Crippen LogP contribution in [0.3, 0.4) is 0 Å². The minimum atomic E-state index is -1.66. The van der Waals surface area contributed by atoms with E-state index in [1.165, 1.54) is 29.2 Å². The number of primary amides is 1. The highest BCUT2D eigenvalue weighted by molar-refractivity contribution is 8.00. The average Bonchev–Trinajstić information content (AvgIpc) is 1.83. The van der Waals surface area contributed by atoms with Crippen molar-refractivity contribution in [1.82, 2.24) is 30.7 Å². The molecule has 3 aliphatic rings. The van der Waals surface area contributed by atoms with Crippen molar-refractivity contribution in [2.75, 3.05) is 43.9 Å². The smallest absolute Gasteiger partial charge is 0.411 e. The molecule has 5 aromatic carbocycles. The van der Waals surface area contributed by atoms with Gasteiger partial charge in [0, 0.05) is 36.6 Å². The van der Waals surface area contributed by atoms with E-state index < -0.39 is 114 Å². The Labute approximate surface area is 481 Å². The van der Waals surface area contributed by atoms with Gasteiger partial charge in [-0.15, -0.1) is 11.8 Å². The SMILES string of the molecule is CCN1CCN(C(=O)N[C@H](C(=O)N[C@@H]2C(=O)N3C(C(=O)OC(c4ccccc4)c4ccccc4)=C(COC(N)=O)CS[C@H]23)c2ccc(NC(=O)OCC(NC(=O)OC(C)(C)C)C(=O)OC(c3ccccc3)c3ccccc3)cc2)C(=O)C1=O. The number of piperazine rings is 1. The number of imide groups is 1. The first-order valence-corrected chi connectivity index (χ1v) is 27.3. The van der Waals surface area contributed by atoms with Gasteiger partial charge in [0.05, 0.1) is 0 Å². The van der Waals surface area contributed by atoms with Crippen LogP contribution in [0, 0.1) is 0 Å². The molecule has 0 radical (unpaired) electrons. The zero-order chi connectivity index (χ0) is 59.4. The molecule has 432 valence electrons. The molecule has 4 atom stereocenters. The molecule has 3 aliphatic heterocycles. The average molecular weight is 1150 g/mol. The zero-order valence-corrected chi connectivity index (χ0v) is 46.3. The van der Waals surface area contributed by atoms with E-state index in [1.807, 2.05) is 0 Å². The summed E-state index contributed by atoms with van der Waals surface area (Å²) in [6, 6.07) is 35.3. The maximum Gasteiger partial charge on any atom is 0.411 e. The Balaban J connectivity index is 0.996. The highest BCUT2D eigenvalue weighted by atomic mass is 32.2. The number of amides is 9. The van der Waals surface area contributed by atoms with Crippen LogP contribution in [-0.4, -0.2) is 136 Å². The number of anilines is 1. The number of nitrogens with zero attached hydrogens (tertiary/aromatic N) is 3. The van der Waals surface area contributed by atoms with Crippen molar-refractivity contribution in [3.63, 3.8) is 0 Å². The molecule has 24 heteroatoms. The molecule has 0 aliphatic carbocycles. The van der Waals surface area contributed by atoms with Crippen molar-refractivity contribution >= 4 is 77.3 Å². The van der Waals surface area contributed by atoms with Crippen molar-refractivity contribution in [3.8, 4) is 0 Å². The predicted octanol–water partition coefficient (Wildman–Crippen LogP) is 5.98. The van der Waals surface area contributed by atoms with Crippen LogP contribution in [-0.2, 0) is 52.5 Å². The first-order chi connectivity index (χ1) is 39.8. The molecular formula is C59H60N8O15S. The van der Waals surface area contributed by atoms with Crippen LogP contribution < -0.4 is 27.0 Å². The molecule has 5 aromatic rings. The summed E-state index contributed by atoms with van der Waals surface area (Å²) in [6.45, 7) is 5.39. The van der Waals surface area contributed by atoms with Crippen LogP contribution in [0.4, 0.5) is 24.9 Å². The summed E-state index contributed by atoms with van der Waals surface area (Å²) in [5, 5.41) is 9.20. The number of rotatable bonds is 19. The summed E-state index contributed by atoms with van der Waals surface area (Å²) >= 11 is 1.13. The van der Waals surface area contributed by atoms with Gasteiger partial charge < -0.3 is 50.3 Å². The van der Waals surface area contributed by atoms with E-state index in [4.69, 9.17) is 29.4 Å². The zero-order valence-electron chi connectivity index (χ0n) is 45.5. The maximum atomic E-state index is 14.6. The molecular weight excluding hydrogens is 1090 g/mol. The molecule has 23 nitrogen and oxygen atoms in total. The van der Waals surface area contributed by atoms with Crippen molar-refractivity contribution in [2.24, 2.45) is 5.73 Å². The van der Waals surface area contributed by atoms with Gasteiger partial charge in [-0.05, 0) is 67.6 Å². The number of urea groups is 1. The van der Waals surface area contributed by atoms with E-state index in [2.05, 4.69) is 21.3 Å². The van der Waals surface area contributed by atoms with Crippen LogP contribution in [0.1, 0.15) is 73.8 Å². The molecule has 1 unspecified atom stereocenters. The van der Waals surface area contributed by atoms with E-state index in [1.54, 1.807) is 149 Å². The molecule has 6 N–H and O–H groups in total. The Hall–Kier alpha value is -9.71. The molecule has 0 aromatic heterocycles. The Morgan fingerprint density at radius 3 is 1.72 bits per heavy atom. The second-order valence-electron chi connectivity index (χ2n) is 20.0. The number of thioether (sulfide) groups is 1. The van der Waals surface area contributed by atoms with Crippen LogP contribution in [0.25, 0.3) is 0 Å². The molecule has 3 heterocycles. The van der Waals surface area contributed by atoms with Crippen LogP contribution >= 0.6 is 11.8 Å². The third-order valence-corrected chi connectivity index (χ3v) is 14.4. The third-order valence-electron chi connectivity index (χ3n) is 13.1. The largest absolute Gasteiger partial charge is 0.451 e. The van der Waals surface area contributed by atoms with Gasteiger partial charge in [0.2, 0.25) is 5.91 Å². The summed E-state index contributed by atoms with van der Waals surface area (Å²) in [7, 11) is 0. The molecule has 83 heavy (non-hydrogen) atoms. The number of benzene rings is 5. The molecule has 8 rings (SSSR count). The minimum Gasteiger partial charge on any atom is -0.451 e. The number of nitrogens with one attached hydrogen (secondary N) is 4.